The van der Waals surface area contributed by atoms with Crippen molar-refractivity contribution in [2.75, 3.05) is 26.0 Å². The van der Waals surface area contributed by atoms with E-state index >= 15 is 0 Å². The second-order valence-electron chi connectivity index (χ2n) is 6.03. The smallest absolute Gasteiger partial charge is 0.252 e. The van der Waals surface area contributed by atoms with Crippen LogP contribution in [0.15, 0.2) is 42.7 Å². The molecule has 0 fully saturated rings. The summed E-state index contributed by atoms with van der Waals surface area (Å²) in [6.45, 7) is 0.833. The molecule has 26 heavy (non-hydrogen) atoms. The number of fused-ring (bicyclic) bond motifs is 1. The van der Waals surface area contributed by atoms with Gasteiger partial charge < -0.3 is 10.1 Å². The third-order valence-corrected chi connectivity index (χ3v) is 6.17. The number of nitrogens with one attached hydrogen (secondary N) is 1. The average Bonchev–Trinajstić information content (AvgIpc) is 2.67. The van der Waals surface area contributed by atoms with Gasteiger partial charge >= 0.3 is 0 Å². The first-order valence-electron chi connectivity index (χ1n) is 8.31. The Morgan fingerprint density at radius 2 is 2.15 bits per heavy atom. The molecule has 2 heterocycles. The molecule has 0 aliphatic carbocycles. The fraction of sp³-hybridized carbons (Fsp3) is 0.333. The van der Waals surface area contributed by atoms with E-state index in [1.165, 1.54) is 10.5 Å². The molecule has 0 radical (unpaired) electrons. The van der Waals surface area contributed by atoms with Crippen LogP contribution in [-0.2, 0) is 23.0 Å². The number of pyridine rings is 1. The number of carbonyl (C=O) groups excluding carboxylic acids is 1. The van der Waals surface area contributed by atoms with Crippen molar-refractivity contribution < 1.29 is 17.9 Å². The number of ether oxygens (including phenoxy) is 1. The lowest BCUT2D eigenvalue weighted by Gasteiger charge is -2.28. The summed E-state index contributed by atoms with van der Waals surface area (Å²) in [5, 5.41) is 2.63. The van der Waals surface area contributed by atoms with Gasteiger partial charge in [0, 0.05) is 32.0 Å². The van der Waals surface area contributed by atoms with Crippen molar-refractivity contribution in [2.24, 2.45) is 0 Å². The number of nitrogens with zero attached hydrogens (tertiary/aromatic N) is 2. The van der Waals surface area contributed by atoms with Gasteiger partial charge in [0.25, 0.3) is 5.91 Å². The lowest BCUT2D eigenvalue weighted by molar-refractivity contribution is 0.0955. The molecule has 1 aromatic carbocycles. The van der Waals surface area contributed by atoms with E-state index in [1.54, 1.807) is 25.4 Å². The summed E-state index contributed by atoms with van der Waals surface area (Å²) in [7, 11) is -1.84. The molecular formula is C18H21N3O4S. The predicted molar refractivity (Wildman–Crippen MR) is 97.5 cm³/mol. The summed E-state index contributed by atoms with van der Waals surface area (Å²) in [5.41, 5.74) is 2.51. The summed E-state index contributed by atoms with van der Waals surface area (Å²) < 4.78 is 31.8. The van der Waals surface area contributed by atoms with Gasteiger partial charge in [-0.3, -0.25) is 9.78 Å². The zero-order valence-electron chi connectivity index (χ0n) is 14.5. The summed E-state index contributed by atoms with van der Waals surface area (Å²) in [6, 6.07) is 8.98. The maximum atomic E-state index is 12.6. The quantitative estimate of drug-likeness (QED) is 0.820. The van der Waals surface area contributed by atoms with E-state index in [0.717, 1.165) is 16.9 Å². The van der Waals surface area contributed by atoms with Gasteiger partial charge in [0.05, 0.1) is 18.4 Å². The average molecular weight is 375 g/mol. The number of amides is 1. The van der Waals surface area contributed by atoms with E-state index in [9.17, 15) is 13.2 Å². The van der Waals surface area contributed by atoms with Crippen LogP contribution in [0.2, 0.25) is 0 Å². The zero-order valence-corrected chi connectivity index (χ0v) is 15.3. The monoisotopic (exact) mass is 375 g/mol. The molecule has 7 nitrogen and oxygen atoms in total. The fourth-order valence-electron chi connectivity index (χ4n) is 2.89. The molecule has 1 amide bonds. The van der Waals surface area contributed by atoms with Gasteiger partial charge in [0.1, 0.15) is 5.75 Å². The van der Waals surface area contributed by atoms with Gasteiger partial charge in [0.2, 0.25) is 10.0 Å². The predicted octanol–water partition coefficient (Wildman–Crippen LogP) is 1.21. The molecule has 0 saturated carbocycles. The number of rotatable bonds is 6. The second kappa shape index (κ2) is 7.84. The Labute approximate surface area is 153 Å². The van der Waals surface area contributed by atoms with Crippen LogP contribution in [0.5, 0.6) is 5.75 Å². The molecule has 1 N–H and O–H groups in total. The number of hydrogen-bond acceptors (Lipinski definition) is 5. The summed E-state index contributed by atoms with van der Waals surface area (Å²) in [6.07, 6.45) is 3.67. The molecule has 0 saturated heterocycles. The first-order valence-corrected chi connectivity index (χ1v) is 9.92. The standard InChI is InChI=1S/C18H21N3O4S/c1-25-17-5-4-16-13-21(9-6-14(16)11-17)26(23,24)10-8-20-18(22)15-3-2-7-19-12-15/h2-5,7,11-12H,6,8-10,13H2,1H3,(H,20,22). The maximum absolute atomic E-state index is 12.6. The molecule has 1 aliphatic heterocycles. The third kappa shape index (κ3) is 4.20. The molecular weight excluding hydrogens is 354 g/mol. The van der Waals surface area contributed by atoms with Gasteiger partial charge in [-0.1, -0.05) is 6.07 Å². The number of carbonyl (C=O) groups is 1. The highest BCUT2D eigenvalue weighted by atomic mass is 32.2. The molecule has 2 aromatic rings. The van der Waals surface area contributed by atoms with E-state index in [-0.39, 0.29) is 18.2 Å². The summed E-state index contributed by atoms with van der Waals surface area (Å²) in [4.78, 5) is 15.8. The number of hydrogen-bond donors (Lipinski definition) is 1. The molecule has 0 unspecified atom stereocenters. The number of methoxy groups -OCH3 is 1. The summed E-state index contributed by atoms with van der Waals surface area (Å²) >= 11 is 0. The number of sulfonamides is 1. The molecule has 1 aromatic heterocycles. The van der Waals surface area contributed by atoms with Gasteiger partial charge in [-0.05, 0) is 41.8 Å². The Kier molecular flexibility index (Phi) is 5.53. The summed E-state index contributed by atoms with van der Waals surface area (Å²) in [5.74, 6) is 0.312. The van der Waals surface area contributed by atoms with Gasteiger partial charge in [-0.2, -0.15) is 4.31 Å². The molecule has 0 atom stereocenters. The van der Waals surface area contributed by atoms with Crippen LogP contribution in [0.3, 0.4) is 0 Å². The van der Waals surface area contributed by atoms with Crippen LogP contribution in [0.25, 0.3) is 0 Å². The first-order chi connectivity index (χ1) is 12.5. The van der Waals surface area contributed by atoms with Crippen molar-refractivity contribution in [3.8, 4) is 5.75 Å². The van der Waals surface area contributed by atoms with E-state index in [4.69, 9.17) is 4.74 Å². The van der Waals surface area contributed by atoms with E-state index in [2.05, 4.69) is 10.3 Å². The first kappa shape index (κ1) is 18.3. The van der Waals surface area contributed by atoms with Gasteiger partial charge in [-0.15, -0.1) is 0 Å². The maximum Gasteiger partial charge on any atom is 0.252 e. The van der Waals surface area contributed by atoms with Crippen molar-refractivity contribution in [3.05, 3.63) is 59.4 Å². The lowest BCUT2D eigenvalue weighted by atomic mass is 10.0. The van der Waals surface area contributed by atoms with Crippen LogP contribution >= 0.6 is 0 Å². The van der Waals surface area contributed by atoms with Crippen molar-refractivity contribution in [3.63, 3.8) is 0 Å². The van der Waals surface area contributed by atoms with Crippen LogP contribution in [0.1, 0.15) is 21.5 Å². The SMILES string of the molecule is COc1ccc2c(c1)CCN(S(=O)(=O)CCNC(=O)c1cccnc1)C2. The van der Waals surface area contributed by atoms with Crippen LogP contribution in [0.4, 0.5) is 0 Å². The number of aromatic nitrogens is 1. The Hall–Kier alpha value is -2.45. The Morgan fingerprint density at radius 3 is 2.88 bits per heavy atom. The van der Waals surface area contributed by atoms with Crippen molar-refractivity contribution in [1.29, 1.82) is 0 Å². The minimum atomic E-state index is -3.45. The zero-order chi connectivity index (χ0) is 18.6. The Morgan fingerprint density at radius 1 is 1.31 bits per heavy atom. The molecule has 0 spiro atoms. The van der Waals surface area contributed by atoms with E-state index in [1.807, 2.05) is 18.2 Å². The highest BCUT2D eigenvalue weighted by molar-refractivity contribution is 7.89. The number of benzene rings is 1. The molecule has 3 rings (SSSR count). The largest absolute Gasteiger partial charge is 0.497 e. The molecule has 0 bridgehead atoms. The van der Waals surface area contributed by atoms with Crippen LogP contribution < -0.4 is 10.1 Å². The molecule has 138 valence electrons. The second-order valence-corrected chi connectivity index (χ2v) is 8.12. The van der Waals surface area contributed by atoms with Crippen LogP contribution in [-0.4, -0.2) is 49.6 Å². The lowest BCUT2D eigenvalue weighted by Crippen LogP contribution is -2.40. The van der Waals surface area contributed by atoms with E-state index < -0.39 is 10.0 Å². The normalized spacial score (nSPS) is 14.5. The Balaban J connectivity index is 1.57. The third-order valence-electron chi connectivity index (χ3n) is 4.35. The van der Waals surface area contributed by atoms with Crippen molar-refractivity contribution in [2.45, 2.75) is 13.0 Å². The highest BCUT2D eigenvalue weighted by Gasteiger charge is 2.26. The highest BCUT2D eigenvalue weighted by Crippen LogP contribution is 2.25. The minimum Gasteiger partial charge on any atom is -0.497 e. The van der Waals surface area contributed by atoms with Gasteiger partial charge in [-0.25, -0.2) is 8.42 Å². The molecule has 8 heteroatoms. The molecule has 1 aliphatic rings. The topological polar surface area (TPSA) is 88.6 Å². The minimum absolute atomic E-state index is 0.0576. The van der Waals surface area contributed by atoms with E-state index in [0.29, 0.717) is 25.1 Å². The Bertz CT molecular complexity index is 885. The fourth-order valence-corrected chi connectivity index (χ4v) is 4.21. The van der Waals surface area contributed by atoms with Crippen molar-refractivity contribution in [1.82, 2.24) is 14.6 Å². The van der Waals surface area contributed by atoms with Crippen LogP contribution in [0, 0.1) is 0 Å². The van der Waals surface area contributed by atoms with Crippen molar-refractivity contribution >= 4 is 15.9 Å². The van der Waals surface area contributed by atoms with Gasteiger partial charge in [0.15, 0.2) is 0 Å².